The Morgan fingerprint density at radius 2 is 1.43 bits per heavy atom. The summed E-state index contributed by atoms with van der Waals surface area (Å²) in [5.41, 5.74) is 3.55. The minimum atomic E-state index is -3.81. The summed E-state index contributed by atoms with van der Waals surface area (Å²) in [5.74, 6) is 0.122. The van der Waals surface area contributed by atoms with Crippen LogP contribution in [0.4, 0.5) is 17.1 Å². The first kappa shape index (κ1) is 20.4. The van der Waals surface area contributed by atoms with Gasteiger partial charge in [0.25, 0.3) is 10.0 Å². The summed E-state index contributed by atoms with van der Waals surface area (Å²) in [7, 11) is -3.81. The van der Waals surface area contributed by atoms with Crippen molar-refractivity contribution in [1.82, 2.24) is 0 Å². The summed E-state index contributed by atoms with van der Waals surface area (Å²) in [6.07, 6.45) is 2.66. The molecule has 0 spiro atoms. The van der Waals surface area contributed by atoms with Gasteiger partial charge in [-0.05, 0) is 68.1 Å². The zero-order valence-electron chi connectivity index (χ0n) is 17.1. The van der Waals surface area contributed by atoms with Gasteiger partial charge in [0.15, 0.2) is 0 Å². The number of aryl methyl sites for hydroxylation is 2. The number of carbonyl (C=O) groups is 2. The van der Waals surface area contributed by atoms with Crippen LogP contribution in [0.3, 0.4) is 0 Å². The molecule has 2 amide bonds. The highest BCUT2D eigenvalue weighted by Gasteiger charge is 2.26. The number of sulfonamides is 1. The summed E-state index contributed by atoms with van der Waals surface area (Å²) in [5, 5.41) is 0. The Morgan fingerprint density at radius 1 is 0.800 bits per heavy atom. The molecule has 0 atom stereocenters. The van der Waals surface area contributed by atoms with E-state index in [1.165, 1.54) is 6.07 Å². The minimum absolute atomic E-state index is 0.0563. The van der Waals surface area contributed by atoms with Gasteiger partial charge in [0.1, 0.15) is 0 Å². The second-order valence-electron chi connectivity index (χ2n) is 7.85. The van der Waals surface area contributed by atoms with Crippen molar-refractivity contribution in [3.05, 3.63) is 47.5 Å². The van der Waals surface area contributed by atoms with Crippen molar-refractivity contribution < 1.29 is 18.0 Å². The minimum Gasteiger partial charge on any atom is -0.312 e. The fourth-order valence-electron chi connectivity index (χ4n) is 4.08. The fourth-order valence-corrected chi connectivity index (χ4v) is 5.22. The zero-order valence-corrected chi connectivity index (χ0v) is 18.0. The molecule has 0 aromatic heterocycles. The Labute approximate surface area is 176 Å². The Kier molecular flexibility index (Phi) is 5.27. The van der Waals surface area contributed by atoms with E-state index in [4.69, 9.17) is 0 Å². The summed E-state index contributed by atoms with van der Waals surface area (Å²) in [6.45, 7) is 5.01. The third-order valence-electron chi connectivity index (χ3n) is 5.67. The first-order chi connectivity index (χ1) is 14.3. The molecule has 0 bridgehead atoms. The topological polar surface area (TPSA) is 86.8 Å². The molecule has 2 aliphatic heterocycles. The Bertz CT molecular complexity index is 1130. The first-order valence-corrected chi connectivity index (χ1v) is 11.6. The van der Waals surface area contributed by atoms with Crippen LogP contribution in [0.25, 0.3) is 0 Å². The summed E-state index contributed by atoms with van der Waals surface area (Å²) >= 11 is 0. The molecule has 1 N–H and O–H groups in total. The van der Waals surface area contributed by atoms with Gasteiger partial charge in [-0.25, -0.2) is 8.42 Å². The summed E-state index contributed by atoms with van der Waals surface area (Å²) in [4.78, 5) is 27.7. The highest BCUT2D eigenvalue weighted by atomic mass is 32.2. The predicted octanol–water partition coefficient (Wildman–Crippen LogP) is 3.36. The molecule has 8 heteroatoms. The van der Waals surface area contributed by atoms with Crippen LogP contribution in [0.1, 0.15) is 36.8 Å². The lowest BCUT2D eigenvalue weighted by Crippen LogP contribution is -2.25. The predicted molar refractivity (Wildman–Crippen MR) is 116 cm³/mol. The molecule has 0 unspecified atom stereocenters. The van der Waals surface area contributed by atoms with E-state index < -0.39 is 10.0 Å². The van der Waals surface area contributed by atoms with Gasteiger partial charge in [0.2, 0.25) is 11.8 Å². The Morgan fingerprint density at radius 3 is 2.00 bits per heavy atom. The van der Waals surface area contributed by atoms with E-state index in [9.17, 15) is 18.0 Å². The van der Waals surface area contributed by atoms with Crippen molar-refractivity contribution in [2.45, 2.75) is 44.4 Å². The number of nitrogens with one attached hydrogen (secondary N) is 1. The van der Waals surface area contributed by atoms with E-state index in [1.807, 2.05) is 19.9 Å². The molecule has 0 saturated carbocycles. The number of hydrogen-bond donors (Lipinski definition) is 1. The fraction of sp³-hybridized carbons (Fsp3) is 0.364. The van der Waals surface area contributed by atoms with Gasteiger partial charge in [0, 0.05) is 37.3 Å². The molecule has 4 rings (SSSR count). The molecule has 0 aliphatic carbocycles. The van der Waals surface area contributed by atoms with E-state index in [-0.39, 0.29) is 16.7 Å². The zero-order chi connectivity index (χ0) is 21.5. The number of nitrogens with zero attached hydrogens (tertiary/aromatic N) is 2. The number of rotatable bonds is 5. The summed E-state index contributed by atoms with van der Waals surface area (Å²) in [6, 6.07) is 10.0. The second-order valence-corrected chi connectivity index (χ2v) is 9.54. The average Bonchev–Trinajstić information content (AvgIpc) is 3.31. The summed E-state index contributed by atoms with van der Waals surface area (Å²) < 4.78 is 28.5. The van der Waals surface area contributed by atoms with Gasteiger partial charge in [-0.3, -0.25) is 14.3 Å². The van der Waals surface area contributed by atoms with Gasteiger partial charge in [-0.2, -0.15) is 0 Å². The van der Waals surface area contributed by atoms with E-state index in [2.05, 4.69) is 4.72 Å². The second kappa shape index (κ2) is 7.75. The molecular formula is C22H25N3O4S. The van der Waals surface area contributed by atoms with Crippen molar-refractivity contribution in [3.8, 4) is 0 Å². The van der Waals surface area contributed by atoms with Crippen molar-refractivity contribution in [1.29, 1.82) is 0 Å². The molecule has 0 radical (unpaired) electrons. The standard InChI is InChI=1S/C22H25N3O4S/c1-15-7-8-17(14-20(15)25-12-4-6-22(25)27)23-30(28,29)18-9-10-19(16(2)13-18)24-11-3-5-21(24)26/h7-10,13-14,23H,3-6,11-12H2,1-2H3. The lowest BCUT2D eigenvalue weighted by atomic mass is 10.1. The Hall–Kier alpha value is -2.87. The lowest BCUT2D eigenvalue weighted by molar-refractivity contribution is -0.117. The third-order valence-corrected chi connectivity index (χ3v) is 7.05. The monoisotopic (exact) mass is 427 g/mol. The number of hydrogen-bond acceptors (Lipinski definition) is 4. The average molecular weight is 428 g/mol. The van der Waals surface area contributed by atoms with Crippen LogP contribution >= 0.6 is 0 Å². The number of benzene rings is 2. The van der Waals surface area contributed by atoms with Crippen molar-refractivity contribution in [3.63, 3.8) is 0 Å². The smallest absolute Gasteiger partial charge is 0.261 e. The van der Waals surface area contributed by atoms with Crippen molar-refractivity contribution in [2.24, 2.45) is 0 Å². The molecule has 2 aromatic carbocycles. The molecule has 7 nitrogen and oxygen atoms in total. The maximum Gasteiger partial charge on any atom is 0.261 e. The molecule has 2 saturated heterocycles. The van der Waals surface area contributed by atoms with Crippen LogP contribution in [-0.4, -0.2) is 33.3 Å². The third kappa shape index (κ3) is 3.79. The van der Waals surface area contributed by atoms with Crippen LogP contribution in [0.15, 0.2) is 41.3 Å². The molecular weight excluding hydrogens is 402 g/mol. The van der Waals surface area contributed by atoms with E-state index in [1.54, 1.807) is 34.1 Å². The maximum atomic E-state index is 13.0. The lowest BCUT2D eigenvalue weighted by Gasteiger charge is -2.20. The normalized spacial score (nSPS) is 17.1. The van der Waals surface area contributed by atoms with E-state index >= 15 is 0 Å². The van der Waals surface area contributed by atoms with Crippen LogP contribution in [0.2, 0.25) is 0 Å². The molecule has 30 heavy (non-hydrogen) atoms. The number of amides is 2. The SMILES string of the molecule is Cc1cc(S(=O)(=O)Nc2ccc(C)c(N3CCCC3=O)c2)ccc1N1CCCC1=O. The number of anilines is 3. The molecule has 2 fully saturated rings. The van der Waals surface area contributed by atoms with Crippen LogP contribution in [0.5, 0.6) is 0 Å². The number of carbonyl (C=O) groups excluding carboxylic acids is 2. The largest absolute Gasteiger partial charge is 0.312 e. The highest BCUT2D eigenvalue weighted by molar-refractivity contribution is 7.92. The van der Waals surface area contributed by atoms with Gasteiger partial charge in [-0.1, -0.05) is 6.07 Å². The van der Waals surface area contributed by atoms with Crippen LogP contribution in [-0.2, 0) is 19.6 Å². The van der Waals surface area contributed by atoms with E-state index in [0.717, 1.165) is 35.3 Å². The quantitative estimate of drug-likeness (QED) is 0.793. The van der Waals surface area contributed by atoms with Crippen LogP contribution < -0.4 is 14.5 Å². The first-order valence-electron chi connectivity index (χ1n) is 10.1. The van der Waals surface area contributed by atoms with Crippen molar-refractivity contribution >= 4 is 38.9 Å². The molecule has 158 valence electrons. The van der Waals surface area contributed by atoms with Gasteiger partial charge < -0.3 is 9.80 Å². The molecule has 2 aromatic rings. The van der Waals surface area contributed by atoms with Gasteiger partial charge >= 0.3 is 0 Å². The molecule has 2 heterocycles. The maximum absolute atomic E-state index is 13.0. The van der Waals surface area contributed by atoms with E-state index in [0.29, 0.717) is 31.6 Å². The molecule has 2 aliphatic rings. The highest BCUT2D eigenvalue weighted by Crippen LogP contribution is 2.31. The van der Waals surface area contributed by atoms with Crippen molar-refractivity contribution in [2.75, 3.05) is 27.6 Å². The van der Waals surface area contributed by atoms with Crippen LogP contribution in [0, 0.1) is 13.8 Å². The van der Waals surface area contributed by atoms with Gasteiger partial charge in [0.05, 0.1) is 10.6 Å². The Balaban J connectivity index is 1.60. The van der Waals surface area contributed by atoms with Gasteiger partial charge in [-0.15, -0.1) is 0 Å².